The summed E-state index contributed by atoms with van der Waals surface area (Å²) < 4.78 is 42.4. The molecule has 10 heteroatoms. The van der Waals surface area contributed by atoms with E-state index < -0.39 is 20.7 Å². The summed E-state index contributed by atoms with van der Waals surface area (Å²) in [6.07, 6.45) is 5.84. The Kier molecular flexibility index (Phi) is 6.39. The number of nitrogens with one attached hydrogen (secondary N) is 2. The smallest absolute Gasteiger partial charge is 0.266 e. The van der Waals surface area contributed by atoms with Crippen LogP contribution in [0.3, 0.4) is 0 Å². The molecule has 1 fully saturated rings. The molecule has 2 atom stereocenters. The van der Waals surface area contributed by atoms with Crippen molar-refractivity contribution < 1.29 is 12.8 Å². The van der Waals surface area contributed by atoms with Gasteiger partial charge in [0.25, 0.3) is 10.0 Å². The van der Waals surface area contributed by atoms with Gasteiger partial charge in [-0.15, -0.1) is 11.3 Å². The van der Waals surface area contributed by atoms with Crippen molar-refractivity contribution in [2.75, 3.05) is 24.1 Å². The molecule has 0 aliphatic heterocycles. The maximum Gasteiger partial charge on any atom is 0.266 e. The summed E-state index contributed by atoms with van der Waals surface area (Å²) in [4.78, 5) is 5.64. The molecular weight excluding hydrogens is 455 g/mol. The van der Waals surface area contributed by atoms with Gasteiger partial charge in [-0.3, -0.25) is 4.72 Å². The van der Waals surface area contributed by atoms with Crippen molar-refractivity contribution in [1.82, 2.24) is 9.88 Å². The molecule has 3 rings (SSSR count). The van der Waals surface area contributed by atoms with Gasteiger partial charge >= 0.3 is 0 Å². The van der Waals surface area contributed by atoms with Crippen LogP contribution in [-0.2, 0) is 10.0 Å². The normalized spacial score (nSPS) is 20.6. The lowest BCUT2D eigenvalue weighted by atomic mass is 9.89. The quantitative estimate of drug-likeness (QED) is 0.655. The van der Waals surface area contributed by atoms with Crippen LogP contribution >= 0.6 is 27.3 Å². The second-order valence-electron chi connectivity index (χ2n) is 6.77. The van der Waals surface area contributed by atoms with E-state index in [1.54, 1.807) is 5.38 Å². The first kappa shape index (κ1) is 20.5. The first-order valence-corrected chi connectivity index (χ1v) is 11.8. The second-order valence-corrected chi connectivity index (χ2v) is 10.2. The van der Waals surface area contributed by atoms with Crippen LogP contribution < -0.4 is 10.0 Å². The number of anilines is 2. The lowest BCUT2D eigenvalue weighted by molar-refractivity contribution is 0.211. The van der Waals surface area contributed by atoms with Gasteiger partial charge in [0.05, 0.1) is 5.69 Å². The van der Waals surface area contributed by atoms with Gasteiger partial charge in [-0.05, 0) is 55.0 Å². The Morgan fingerprint density at radius 1 is 1.30 bits per heavy atom. The molecular formula is C17H22BrFN4O2S2. The Morgan fingerprint density at radius 3 is 2.70 bits per heavy atom. The third-order valence-corrected chi connectivity index (χ3v) is 7.53. The van der Waals surface area contributed by atoms with E-state index in [1.807, 2.05) is 14.1 Å². The molecule has 1 heterocycles. The summed E-state index contributed by atoms with van der Waals surface area (Å²) in [7, 11) is 0.0303. The van der Waals surface area contributed by atoms with E-state index in [9.17, 15) is 12.8 Å². The van der Waals surface area contributed by atoms with E-state index in [2.05, 4.69) is 35.9 Å². The molecule has 2 N–H and O–H groups in total. The van der Waals surface area contributed by atoms with E-state index >= 15 is 0 Å². The standard InChI is InChI=1S/C17H22BrFN4O2S2/c1-23(2)15-6-4-3-5-13(15)21-14-10-12(19)16(9-11(14)18)27(24,25)22-17-20-7-8-26-17/h7-10,13,15,21H,3-6H2,1-2H3,(H,20,22)/t13-,15-/m0/s1. The van der Waals surface area contributed by atoms with E-state index in [4.69, 9.17) is 0 Å². The minimum Gasteiger partial charge on any atom is -0.380 e. The summed E-state index contributed by atoms with van der Waals surface area (Å²) in [5.74, 6) is -0.804. The zero-order valence-electron chi connectivity index (χ0n) is 15.1. The number of hydrogen-bond donors (Lipinski definition) is 2. The minimum atomic E-state index is -4.05. The number of nitrogens with zero attached hydrogens (tertiary/aromatic N) is 2. The summed E-state index contributed by atoms with van der Waals surface area (Å²) in [5.41, 5.74) is 0.555. The summed E-state index contributed by atoms with van der Waals surface area (Å²) >= 11 is 4.52. The number of hydrogen-bond acceptors (Lipinski definition) is 6. The average Bonchev–Trinajstić information content (AvgIpc) is 3.10. The van der Waals surface area contributed by atoms with Crippen molar-refractivity contribution in [3.05, 3.63) is 34.0 Å². The average molecular weight is 477 g/mol. The Hall–Kier alpha value is -1.23. The van der Waals surface area contributed by atoms with Crippen LogP contribution in [0.4, 0.5) is 15.2 Å². The van der Waals surface area contributed by atoms with Gasteiger partial charge in [-0.25, -0.2) is 17.8 Å². The van der Waals surface area contributed by atoms with Crippen molar-refractivity contribution in [3.8, 4) is 0 Å². The molecule has 0 bridgehead atoms. The molecule has 27 heavy (non-hydrogen) atoms. The predicted molar refractivity (Wildman–Crippen MR) is 110 cm³/mol. The zero-order chi connectivity index (χ0) is 19.6. The lowest BCUT2D eigenvalue weighted by Gasteiger charge is -2.37. The molecule has 1 aromatic carbocycles. The van der Waals surface area contributed by atoms with Crippen LogP contribution in [-0.4, -0.2) is 44.5 Å². The van der Waals surface area contributed by atoms with Crippen LogP contribution in [0.2, 0.25) is 0 Å². The molecule has 1 saturated carbocycles. The number of sulfonamides is 1. The van der Waals surface area contributed by atoms with Crippen LogP contribution in [0.1, 0.15) is 25.7 Å². The monoisotopic (exact) mass is 476 g/mol. The van der Waals surface area contributed by atoms with Crippen molar-refractivity contribution in [2.24, 2.45) is 0 Å². The van der Waals surface area contributed by atoms with Gasteiger partial charge < -0.3 is 10.2 Å². The highest BCUT2D eigenvalue weighted by atomic mass is 79.9. The van der Waals surface area contributed by atoms with E-state index in [1.165, 1.54) is 24.8 Å². The van der Waals surface area contributed by atoms with Crippen molar-refractivity contribution >= 4 is 48.1 Å². The molecule has 0 spiro atoms. The number of benzene rings is 1. The molecule has 0 unspecified atom stereocenters. The highest BCUT2D eigenvalue weighted by molar-refractivity contribution is 9.10. The Bertz CT molecular complexity index is 891. The zero-order valence-corrected chi connectivity index (χ0v) is 18.3. The van der Waals surface area contributed by atoms with Gasteiger partial charge in [0.1, 0.15) is 10.7 Å². The van der Waals surface area contributed by atoms with E-state index in [0.717, 1.165) is 30.6 Å². The van der Waals surface area contributed by atoms with Crippen LogP contribution in [0.25, 0.3) is 0 Å². The Labute approximate surface area is 171 Å². The molecule has 1 aliphatic carbocycles. The Balaban J connectivity index is 1.84. The summed E-state index contributed by atoms with van der Waals surface area (Å²) in [6.45, 7) is 0. The van der Waals surface area contributed by atoms with Crippen molar-refractivity contribution in [1.29, 1.82) is 0 Å². The fourth-order valence-corrected chi connectivity index (χ4v) is 5.87. The number of aromatic nitrogens is 1. The number of likely N-dealkylation sites (N-methyl/N-ethyl adjacent to an activating group) is 1. The predicted octanol–water partition coefficient (Wildman–Crippen LogP) is 4.13. The van der Waals surface area contributed by atoms with Gasteiger partial charge in [-0.2, -0.15) is 0 Å². The molecule has 2 aromatic rings. The fraction of sp³-hybridized carbons (Fsp3) is 0.471. The highest BCUT2D eigenvalue weighted by Crippen LogP contribution is 2.32. The van der Waals surface area contributed by atoms with Crippen molar-refractivity contribution in [3.63, 3.8) is 0 Å². The van der Waals surface area contributed by atoms with E-state index in [0.29, 0.717) is 16.2 Å². The third-order valence-electron chi connectivity index (χ3n) is 4.70. The molecule has 0 radical (unpaired) electrons. The molecule has 148 valence electrons. The van der Waals surface area contributed by atoms with Crippen molar-refractivity contribution in [2.45, 2.75) is 42.7 Å². The van der Waals surface area contributed by atoms with E-state index in [-0.39, 0.29) is 11.2 Å². The Morgan fingerprint density at radius 2 is 2.04 bits per heavy atom. The molecule has 0 saturated heterocycles. The third kappa shape index (κ3) is 4.79. The molecule has 6 nitrogen and oxygen atoms in total. The molecule has 1 aromatic heterocycles. The summed E-state index contributed by atoms with van der Waals surface area (Å²) in [6, 6.07) is 3.06. The number of rotatable bonds is 6. The first-order valence-electron chi connectivity index (χ1n) is 8.62. The van der Waals surface area contributed by atoms with Gasteiger partial charge in [0.2, 0.25) is 0 Å². The largest absolute Gasteiger partial charge is 0.380 e. The highest BCUT2D eigenvalue weighted by Gasteiger charge is 2.28. The number of thiazole rings is 1. The van der Waals surface area contributed by atoms with Crippen LogP contribution in [0.5, 0.6) is 0 Å². The summed E-state index contributed by atoms with van der Waals surface area (Å²) in [5, 5.41) is 5.23. The SMILES string of the molecule is CN(C)[C@H]1CCCC[C@@H]1Nc1cc(F)c(S(=O)(=O)Nc2nccs2)cc1Br. The van der Waals surface area contributed by atoms with Gasteiger partial charge in [0.15, 0.2) is 5.13 Å². The molecule has 0 amide bonds. The first-order chi connectivity index (χ1) is 12.8. The topological polar surface area (TPSA) is 74.3 Å². The van der Waals surface area contributed by atoms with Crippen LogP contribution in [0, 0.1) is 5.82 Å². The minimum absolute atomic E-state index is 0.181. The second kappa shape index (κ2) is 8.42. The van der Waals surface area contributed by atoms with Crippen LogP contribution in [0.15, 0.2) is 33.1 Å². The number of halogens is 2. The lowest BCUT2D eigenvalue weighted by Crippen LogP contribution is -2.45. The maximum absolute atomic E-state index is 14.7. The van der Waals surface area contributed by atoms with Gasteiger partial charge in [-0.1, -0.05) is 12.8 Å². The van der Waals surface area contributed by atoms with Gasteiger partial charge in [0, 0.05) is 28.1 Å². The fourth-order valence-electron chi connectivity index (χ4n) is 3.39. The molecule has 1 aliphatic rings. The maximum atomic E-state index is 14.7.